The van der Waals surface area contributed by atoms with Crippen molar-refractivity contribution in [3.63, 3.8) is 0 Å². The van der Waals surface area contributed by atoms with Gasteiger partial charge in [-0.25, -0.2) is 0 Å². The molecule has 2 N–H and O–H groups in total. The molecule has 9 heteroatoms. The van der Waals surface area contributed by atoms with E-state index in [1.807, 2.05) is 0 Å². The van der Waals surface area contributed by atoms with Gasteiger partial charge in [-0.3, -0.25) is 9.59 Å². The number of hydrogen-bond acceptors (Lipinski definition) is 4. The van der Waals surface area contributed by atoms with Crippen molar-refractivity contribution < 1.29 is 32.2 Å². The molecule has 0 aliphatic carbocycles. The lowest BCUT2D eigenvalue weighted by Crippen LogP contribution is -2.34. The molecule has 0 fully saturated rings. The summed E-state index contributed by atoms with van der Waals surface area (Å²) in [5, 5.41) is 5.42. The highest BCUT2D eigenvalue weighted by Gasteiger charge is 2.35. The molecule has 0 saturated carbocycles. The van der Waals surface area contributed by atoms with E-state index in [-0.39, 0.29) is 11.7 Å². The van der Waals surface area contributed by atoms with Crippen LogP contribution in [0.4, 0.5) is 24.5 Å². The molecule has 2 amide bonds. The van der Waals surface area contributed by atoms with Crippen LogP contribution >= 0.6 is 0 Å². The third-order valence-corrected chi connectivity index (χ3v) is 5.14. The molecule has 0 saturated heterocycles. The van der Waals surface area contributed by atoms with Crippen LogP contribution in [0.1, 0.15) is 38.3 Å². The maximum absolute atomic E-state index is 13.1. The summed E-state index contributed by atoms with van der Waals surface area (Å²) < 4.78 is 50.5. The second kappa shape index (κ2) is 7.58. The number of amides is 2. The predicted molar refractivity (Wildman–Crippen MR) is 113 cm³/mol. The normalized spacial score (nSPS) is 20.4. The molecular formula is C23H21F3N2O4. The minimum Gasteiger partial charge on any atom is -0.487 e. The van der Waals surface area contributed by atoms with Crippen LogP contribution < -0.4 is 20.1 Å². The summed E-state index contributed by atoms with van der Waals surface area (Å²) in [6.07, 6.45) is -3.41. The van der Waals surface area contributed by atoms with E-state index in [1.165, 1.54) is 12.1 Å². The van der Waals surface area contributed by atoms with Crippen LogP contribution in [0.2, 0.25) is 0 Å². The van der Waals surface area contributed by atoms with Crippen molar-refractivity contribution in [1.29, 1.82) is 0 Å². The molecule has 1 atom stereocenters. The molecule has 2 heterocycles. The van der Waals surface area contributed by atoms with E-state index in [4.69, 9.17) is 9.47 Å². The van der Waals surface area contributed by atoms with Gasteiger partial charge in [-0.1, -0.05) is 6.07 Å². The van der Waals surface area contributed by atoms with Crippen molar-refractivity contribution in [3.05, 3.63) is 53.6 Å². The number of hydrogen-bond donors (Lipinski definition) is 2. The number of benzene rings is 2. The molecule has 0 aromatic heterocycles. The number of anilines is 2. The lowest BCUT2D eigenvalue weighted by atomic mass is 9.88. The van der Waals surface area contributed by atoms with Gasteiger partial charge in [0.05, 0.1) is 11.3 Å². The first kappa shape index (κ1) is 21.7. The zero-order valence-electron chi connectivity index (χ0n) is 17.6. The predicted octanol–water partition coefficient (Wildman–Crippen LogP) is 5.01. The Morgan fingerprint density at radius 1 is 1.19 bits per heavy atom. The minimum atomic E-state index is -4.50. The SMILES string of the molecule is CC1Oc2ccc(NC(=O)/C=C3\CC(C)(C)Oc4cc(C(F)(F)F)ccc43)cc2NC1=O. The summed E-state index contributed by atoms with van der Waals surface area (Å²) in [5.41, 5.74) is 0.274. The van der Waals surface area contributed by atoms with Gasteiger partial charge in [-0.2, -0.15) is 13.2 Å². The Balaban J connectivity index is 1.60. The molecule has 0 radical (unpaired) electrons. The smallest absolute Gasteiger partial charge is 0.416 e. The molecule has 2 aromatic carbocycles. The van der Waals surface area contributed by atoms with Gasteiger partial charge in [0.15, 0.2) is 6.10 Å². The first-order chi connectivity index (χ1) is 14.9. The number of carbonyl (C=O) groups is 2. The maximum atomic E-state index is 13.1. The summed E-state index contributed by atoms with van der Waals surface area (Å²) in [4.78, 5) is 24.5. The van der Waals surface area contributed by atoms with Gasteiger partial charge < -0.3 is 20.1 Å². The Hall–Kier alpha value is -3.49. The fraction of sp³-hybridized carbons (Fsp3) is 0.304. The van der Waals surface area contributed by atoms with Crippen molar-refractivity contribution >= 4 is 28.8 Å². The Morgan fingerprint density at radius 3 is 2.66 bits per heavy atom. The molecule has 0 bridgehead atoms. The van der Waals surface area contributed by atoms with Gasteiger partial charge in [0.2, 0.25) is 5.91 Å². The number of halogens is 3. The topological polar surface area (TPSA) is 76.7 Å². The first-order valence-electron chi connectivity index (χ1n) is 9.95. The summed E-state index contributed by atoms with van der Waals surface area (Å²) in [7, 11) is 0. The lowest BCUT2D eigenvalue weighted by Gasteiger charge is -2.34. The number of fused-ring (bicyclic) bond motifs is 2. The third-order valence-electron chi connectivity index (χ3n) is 5.14. The van der Waals surface area contributed by atoms with E-state index in [2.05, 4.69) is 10.6 Å². The van der Waals surface area contributed by atoms with Gasteiger partial charge in [-0.05, 0) is 56.7 Å². The van der Waals surface area contributed by atoms with E-state index in [1.54, 1.807) is 39.0 Å². The Bertz CT molecular complexity index is 1140. The van der Waals surface area contributed by atoms with Crippen LogP contribution in [0.15, 0.2) is 42.5 Å². The number of alkyl halides is 3. The summed E-state index contributed by atoms with van der Waals surface area (Å²) in [6, 6.07) is 8.09. The van der Waals surface area contributed by atoms with Crippen molar-refractivity contribution in [2.75, 3.05) is 10.6 Å². The van der Waals surface area contributed by atoms with Crippen molar-refractivity contribution in [1.82, 2.24) is 0 Å². The molecular weight excluding hydrogens is 425 g/mol. The van der Waals surface area contributed by atoms with Crippen molar-refractivity contribution in [2.24, 2.45) is 0 Å². The van der Waals surface area contributed by atoms with Crippen LogP contribution in [0.3, 0.4) is 0 Å². The number of rotatable bonds is 2. The Morgan fingerprint density at radius 2 is 1.94 bits per heavy atom. The van der Waals surface area contributed by atoms with E-state index >= 15 is 0 Å². The van der Waals surface area contributed by atoms with Gasteiger partial charge in [0, 0.05) is 23.7 Å². The average Bonchev–Trinajstić information content (AvgIpc) is 2.67. The monoisotopic (exact) mass is 446 g/mol. The molecule has 1 unspecified atom stereocenters. The Kier molecular flexibility index (Phi) is 5.15. The minimum absolute atomic E-state index is 0.0814. The summed E-state index contributed by atoms with van der Waals surface area (Å²) in [6.45, 7) is 5.12. The van der Waals surface area contributed by atoms with E-state index in [0.717, 1.165) is 12.1 Å². The standard InChI is InChI=1S/C23H21F3N2O4/c1-12-21(30)28-17-10-15(5-7-18(17)31-12)27-20(29)8-13-11-22(2,3)32-19-9-14(23(24,25)26)4-6-16(13)19/h4-10,12H,11H2,1-3H3,(H,27,29)(H,28,30)/b13-8+. The fourth-order valence-electron chi connectivity index (χ4n) is 3.69. The number of ether oxygens (including phenoxy) is 2. The van der Waals surface area contributed by atoms with E-state index < -0.39 is 29.4 Å². The third kappa shape index (κ3) is 4.42. The molecule has 168 valence electrons. The van der Waals surface area contributed by atoms with Gasteiger partial charge in [0.25, 0.3) is 5.91 Å². The van der Waals surface area contributed by atoms with Crippen LogP contribution in [0, 0.1) is 0 Å². The molecule has 2 aliphatic rings. The van der Waals surface area contributed by atoms with Crippen molar-refractivity contribution in [3.8, 4) is 11.5 Å². The number of carbonyl (C=O) groups excluding carboxylic acids is 2. The highest BCUT2D eigenvalue weighted by molar-refractivity contribution is 6.05. The molecule has 2 aromatic rings. The molecule has 32 heavy (non-hydrogen) atoms. The second-order valence-electron chi connectivity index (χ2n) is 8.37. The first-order valence-corrected chi connectivity index (χ1v) is 9.95. The zero-order valence-corrected chi connectivity index (χ0v) is 17.6. The maximum Gasteiger partial charge on any atom is 0.416 e. The average molecular weight is 446 g/mol. The van der Waals surface area contributed by atoms with Gasteiger partial charge in [0.1, 0.15) is 17.1 Å². The highest BCUT2D eigenvalue weighted by atomic mass is 19.4. The lowest BCUT2D eigenvalue weighted by molar-refractivity contribution is -0.137. The van der Waals surface area contributed by atoms with Gasteiger partial charge >= 0.3 is 6.18 Å². The summed E-state index contributed by atoms with van der Waals surface area (Å²) >= 11 is 0. The quantitative estimate of drug-likeness (QED) is 0.636. The van der Waals surface area contributed by atoms with E-state index in [9.17, 15) is 22.8 Å². The van der Waals surface area contributed by atoms with Gasteiger partial charge in [-0.15, -0.1) is 0 Å². The van der Waals surface area contributed by atoms with Crippen LogP contribution in [0.25, 0.3) is 5.57 Å². The number of nitrogens with one attached hydrogen (secondary N) is 2. The van der Waals surface area contributed by atoms with Crippen LogP contribution in [0.5, 0.6) is 11.5 Å². The summed E-state index contributed by atoms with van der Waals surface area (Å²) in [5.74, 6) is -0.172. The molecule has 4 rings (SSSR count). The Labute approximate surface area is 182 Å². The molecule has 6 nitrogen and oxygen atoms in total. The van der Waals surface area contributed by atoms with Crippen LogP contribution in [-0.2, 0) is 15.8 Å². The fourth-order valence-corrected chi connectivity index (χ4v) is 3.69. The molecule has 2 aliphatic heterocycles. The second-order valence-corrected chi connectivity index (χ2v) is 8.37. The zero-order chi connectivity index (χ0) is 23.3. The molecule has 0 spiro atoms. The highest BCUT2D eigenvalue weighted by Crippen LogP contribution is 2.43. The largest absolute Gasteiger partial charge is 0.487 e. The van der Waals surface area contributed by atoms with E-state index in [0.29, 0.717) is 34.7 Å². The van der Waals surface area contributed by atoms with Crippen LogP contribution in [-0.4, -0.2) is 23.5 Å². The van der Waals surface area contributed by atoms with Crippen molar-refractivity contribution in [2.45, 2.75) is 45.1 Å².